The van der Waals surface area contributed by atoms with E-state index < -0.39 is 5.23 Å². The third-order valence-corrected chi connectivity index (χ3v) is 3.95. The van der Waals surface area contributed by atoms with E-state index in [9.17, 15) is 5.21 Å². The first-order chi connectivity index (χ1) is 10.8. The normalized spacial score (nSPS) is 12.8. The highest BCUT2D eigenvalue weighted by Crippen LogP contribution is 2.31. The molecule has 0 fully saturated rings. The van der Waals surface area contributed by atoms with Crippen LogP contribution >= 0.6 is 0 Å². The second-order valence-corrected chi connectivity index (χ2v) is 5.22. The summed E-state index contributed by atoms with van der Waals surface area (Å²) < 4.78 is 2.16. The number of aromatic nitrogens is 1. The first-order valence-electron chi connectivity index (χ1n) is 7.07. The Labute approximate surface area is 127 Å². The molecule has 1 atom stereocenters. The van der Waals surface area contributed by atoms with Crippen molar-refractivity contribution in [2.24, 2.45) is 0 Å². The fourth-order valence-corrected chi connectivity index (χ4v) is 2.95. The minimum atomic E-state index is -0.909. The lowest BCUT2D eigenvalue weighted by molar-refractivity contribution is -0.991. The Balaban J connectivity index is 2.04. The van der Waals surface area contributed by atoms with Crippen molar-refractivity contribution in [3.05, 3.63) is 78.0 Å². The molecular formula is C18H14N2O2. The molecule has 108 valence electrons. The molecule has 1 aromatic heterocycles. The third kappa shape index (κ3) is 1.90. The predicted molar refractivity (Wildman–Crippen MR) is 86.6 cm³/mol. The van der Waals surface area contributed by atoms with E-state index in [1.165, 1.54) is 10.8 Å². The molecule has 0 aliphatic rings. The summed E-state index contributed by atoms with van der Waals surface area (Å²) in [5, 5.41) is 21.5. The van der Waals surface area contributed by atoms with Crippen molar-refractivity contribution in [3.63, 3.8) is 0 Å². The lowest BCUT2D eigenvalue weighted by Gasteiger charge is -2.13. The Morgan fingerprint density at radius 2 is 1.23 bits per heavy atom. The van der Waals surface area contributed by atoms with Gasteiger partial charge in [0.25, 0.3) is 0 Å². The van der Waals surface area contributed by atoms with Gasteiger partial charge in [0.2, 0.25) is 0 Å². The lowest BCUT2D eigenvalue weighted by Crippen LogP contribution is -2.99. The average molecular weight is 290 g/mol. The maximum Gasteiger partial charge on any atom is 0.163 e. The molecule has 4 aromatic rings. The largest absolute Gasteiger partial charge is 0.595 e. The highest BCUT2D eigenvalue weighted by atomic mass is 16.8. The number of hydrogen-bond donors (Lipinski definition) is 2. The summed E-state index contributed by atoms with van der Waals surface area (Å²) in [4.78, 5) is 0. The monoisotopic (exact) mass is 290 g/mol. The summed E-state index contributed by atoms with van der Waals surface area (Å²) in [6.07, 6.45) is 0. The minimum absolute atomic E-state index is 0.296. The highest BCUT2D eigenvalue weighted by Gasteiger charge is 2.11. The quantitative estimate of drug-likeness (QED) is 0.557. The molecule has 0 aliphatic carbocycles. The van der Waals surface area contributed by atoms with Crippen LogP contribution in [-0.4, -0.2) is 9.77 Å². The Hall–Kier alpha value is -2.66. The van der Waals surface area contributed by atoms with Crippen molar-refractivity contribution in [3.8, 4) is 5.69 Å². The number of quaternary nitrogens is 1. The molecule has 0 saturated heterocycles. The van der Waals surface area contributed by atoms with Gasteiger partial charge in [0.1, 0.15) is 0 Å². The number of para-hydroxylation sites is 2. The zero-order valence-electron chi connectivity index (χ0n) is 11.7. The van der Waals surface area contributed by atoms with Gasteiger partial charge in [0, 0.05) is 28.6 Å². The van der Waals surface area contributed by atoms with Gasteiger partial charge in [-0.25, -0.2) is 5.21 Å². The van der Waals surface area contributed by atoms with Gasteiger partial charge in [0.15, 0.2) is 5.69 Å². The summed E-state index contributed by atoms with van der Waals surface area (Å²) in [6.45, 7) is 0. The van der Waals surface area contributed by atoms with Crippen LogP contribution in [0.4, 0.5) is 5.69 Å². The highest BCUT2D eigenvalue weighted by molar-refractivity contribution is 6.09. The molecule has 0 aliphatic heterocycles. The molecule has 0 radical (unpaired) electrons. The first kappa shape index (κ1) is 13.0. The Morgan fingerprint density at radius 3 is 1.73 bits per heavy atom. The third-order valence-electron chi connectivity index (χ3n) is 3.95. The van der Waals surface area contributed by atoms with Crippen LogP contribution in [0.3, 0.4) is 0 Å². The Morgan fingerprint density at radius 1 is 0.727 bits per heavy atom. The van der Waals surface area contributed by atoms with Crippen LogP contribution in [0.5, 0.6) is 0 Å². The molecule has 4 rings (SSSR count). The van der Waals surface area contributed by atoms with Gasteiger partial charge in [-0.15, -0.1) is 0 Å². The topological polar surface area (TPSA) is 52.7 Å². The minimum Gasteiger partial charge on any atom is -0.595 e. The maximum absolute atomic E-state index is 11.0. The molecule has 0 spiro atoms. The first-order valence-corrected chi connectivity index (χ1v) is 7.07. The number of rotatable bonds is 2. The van der Waals surface area contributed by atoms with Crippen LogP contribution in [0.1, 0.15) is 0 Å². The van der Waals surface area contributed by atoms with E-state index in [0.29, 0.717) is 5.69 Å². The summed E-state index contributed by atoms with van der Waals surface area (Å²) in [5.41, 5.74) is 3.49. The summed E-state index contributed by atoms with van der Waals surface area (Å²) in [5.74, 6) is 0. The van der Waals surface area contributed by atoms with Crippen LogP contribution in [0.15, 0.2) is 72.8 Å². The molecule has 2 N–H and O–H groups in total. The molecule has 0 bridgehead atoms. The summed E-state index contributed by atoms with van der Waals surface area (Å²) in [6, 6.07) is 23.5. The van der Waals surface area contributed by atoms with Crippen molar-refractivity contribution >= 4 is 27.5 Å². The lowest BCUT2D eigenvalue weighted by atomic mass is 10.2. The molecule has 0 amide bonds. The molecular weight excluding hydrogens is 276 g/mol. The number of benzene rings is 3. The van der Waals surface area contributed by atoms with Gasteiger partial charge in [0.05, 0.1) is 11.0 Å². The van der Waals surface area contributed by atoms with E-state index in [-0.39, 0.29) is 0 Å². The van der Waals surface area contributed by atoms with Crippen LogP contribution < -0.4 is 5.23 Å². The van der Waals surface area contributed by atoms with Crippen molar-refractivity contribution in [1.29, 1.82) is 0 Å². The molecule has 4 heteroatoms. The van der Waals surface area contributed by atoms with Crippen molar-refractivity contribution < 1.29 is 10.4 Å². The molecule has 3 aromatic carbocycles. The molecule has 1 unspecified atom stereocenters. The fourth-order valence-electron chi connectivity index (χ4n) is 2.95. The Bertz CT molecular complexity index is 903. The SMILES string of the molecule is [O-][NH+](O)c1ccc(-n2c3ccccc3c3ccccc32)cc1. The average Bonchev–Trinajstić information content (AvgIpc) is 2.89. The second kappa shape index (κ2) is 4.96. The van der Waals surface area contributed by atoms with Crippen LogP contribution in [-0.2, 0) is 0 Å². The van der Waals surface area contributed by atoms with E-state index in [0.717, 1.165) is 16.7 Å². The van der Waals surface area contributed by atoms with E-state index >= 15 is 0 Å². The van der Waals surface area contributed by atoms with Gasteiger partial charge < -0.3 is 9.77 Å². The van der Waals surface area contributed by atoms with Gasteiger partial charge >= 0.3 is 0 Å². The van der Waals surface area contributed by atoms with Crippen molar-refractivity contribution in [2.75, 3.05) is 0 Å². The van der Waals surface area contributed by atoms with Gasteiger partial charge in [-0.3, -0.25) is 0 Å². The van der Waals surface area contributed by atoms with Crippen molar-refractivity contribution in [2.45, 2.75) is 0 Å². The second-order valence-electron chi connectivity index (χ2n) is 5.22. The van der Waals surface area contributed by atoms with Crippen LogP contribution in [0, 0.1) is 5.21 Å². The fraction of sp³-hybridized carbons (Fsp3) is 0. The molecule has 1 heterocycles. The molecule has 4 nitrogen and oxygen atoms in total. The van der Waals surface area contributed by atoms with Gasteiger partial charge in [-0.2, -0.15) is 5.23 Å². The standard InChI is InChI=1S/C18H14N2O2/c21-20(22)14-11-9-13(10-12-14)19-17-7-3-1-5-15(17)16-6-2-4-8-18(16)19/h1-12,20-21H. The molecule has 0 saturated carbocycles. The smallest absolute Gasteiger partial charge is 0.163 e. The zero-order valence-corrected chi connectivity index (χ0v) is 11.7. The number of hydrogen-bond acceptors (Lipinski definition) is 2. The van der Waals surface area contributed by atoms with E-state index in [2.05, 4.69) is 28.8 Å². The van der Waals surface area contributed by atoms with E-state index in [1.54, 1.807) is 12.1 Å². The Kier molecular flexibility index (Phi) is 2.94. The maximum atomic E-state index is 11.0. The van der Waals surface area contributed by atoms with Gasteiger partial charge in [-0.05, 0) is 24.3 Å². The molecule has 22 heavy (non-hydrogen) atoms. The number of nitrogens with zero attached hydrogens (tertiary/aromatic N) is 1. The van der Waals surface area contributed by atoms with E-state index in [4.69, 9.17) is 5.21 Å². The van der Waals surface area contributed by atoms with Crippen molar-refractivity contribution in [1.82, 2.24) is 4.57 Å². The van der Waals surface area contributed by atoms with Gasteiger partial charge in [-0.1, -0.05) is 36.4 Å². The number of fused-ring (bicyclic) bond motifs is 3. The summed E-state index contributed by atoms with van der Waals surface area (Å²) >= 11 is 0. The summed E-state index contributed by atoms with van der Waals surface area (Å²) in [7, 11) is 0. The van der Waals surface area contributed by atoms with Crippen LogP contribution in [0.2, 0.25) is 0 Å². The van der Waals surface area contributed by atoms with Crippen LogP contribution in [0.25, 0.3) is 27.5 Å². The predicted octanol–water partition coefficient (Wildman–Crippen LogP) is 3.19. The zero-order chi connectivity index (χ0) is 15.1. The van der Waals surface area contributed by atoms with E-state index in [1.807, 2.05) is 36.4 Å². The number of nitrogens with one attached hydrogen (secondary N) is 1.